The molecule has 0 fully saturated rings. The highest BCUT2D eigenvalue weighted by molar-refractivity contribution is 5.65. The summed E-state index contributed by atoms with van der Waals surface area (Å²) in [6.45, 7) is 8.30. The van der Waals surface area contributed by atoms with E-state index in [-0.39, 0.29) is 11.2 Å². The van der Waals surface area contributed by atoms with Crippen LogP contribution < -0.4 is 0 Å². The highest BCUT2D eigenvalue weighted by atomic mass is 19.1. The highest BCUT2D eigenvalue weighted by Crippen LogP contribution is 2.28. The predicted octanol–water partition coefficient (Wildman–Crippen LogP) is 5.10. The van der Waals surface area contributed by atoms with E-state index in [9.17, 15) is 4.39 Å². The van der Waals surface area contributed by atoms with Gasteiger partial charge in [0.1, 0.15) is 5.82 Å². The average molecular weight is 242 g/mol. The van der Waals surface area contributed by atoms with E-state index in [1.807, 2.05) is 43.3 Å². The Hall–Kier alpha value is -1.63. The lowest BCUT2D eigenvalue weighted by Gasteiger charge is -2.19. The lowest BCUT2D eigenvalue weighted by atomic mass is 9.86. The molecule has 2 rings (SSSR count). The molecule has 1 heteroatoms. The van der Waals surface area contributed by atoms with E-state index in [2.05, 4.69) is 20.8 Å². The van der Waals surface area contributed by atoms with Gasteiger partial charge < -0.3 is 0 Å². The van der Waals surface area contributed by atoms with Gasteiger partial charge in [0.15, 0.2) is 0 Å². The Bertz CT molecular complexity index is 545. The molecule has 0 aliphatic rings. The van der Waals surface area contributed by atoms with Crippen molar-refractivity contribution in [1.29, 1.82) is 0 Å². The molecule has 0 aliphatic heterocycles. The standard InChI is InChI=1S/C17H19F/c1-12-5-7-13(8-6-12)15-10-9-14(11-16(15)18)17(2,3)4/h5-11H,1-4H3. The minimum absolute atomic E-state index is 0.0212. The molecule has 0 radical (unpaired) electrons. The first kappa shape index (κ1) is 12.8. The molecule has 0 heterocycles. The van der Waals surface area contributed by atoms with Gasteiger partial charge in [0.25, 0.3) is 0 Å². The summed E-state index contributed by atoms with van der Waals surface area (Å²) in [6, 6.07) is 13.5. The third kappa shape index (κ3) is 2.61. The molecule has 0 unspecified atom stereocenters. The zero-order valence-corrected chi connectivity index (χ0v) is 11.4. The van der Waals surface area contributed by atoms with Crippen LogP contribution in [0.4, 0.5) is 4.39 Å². The fourth-order valence-corrected chi connectivity index (χ4v) is 1.95. The van der Waals surface area contributed by atoms with E-state index < -0.39 is 0 Å². The van der Waals surface area contributed by atoms with Gasteiger partial charge in [0.05, 0.1) is 0 Å². The molecule has 94 valence electrons. The van der Waals surface area contributed by atoms with Crippen molar-refractivity contribution < 1.29 is 4.39 Å². The van der Waals surface area contributed by atoms with Gasteiger partial charge in [-0.25, -0.2) is 4.39 Å². The van der Waals surface area contributed by atoms with Gasteiger partial charge >= 0.3 is 0 Å². The first-order valence-electron chi connectivity index (χ1n) is 6.25. The maximum Gasteiger partial charge on any atom is 0.131 e. The molecule has 0 nitrogen and oxygen atoms in total. The van der Waals surface area contributed by atoms with E-state index in [0.29, 0.717) is 5.56 Å². The smallest absolute Gasteiger partial charge is 0.131 e. The van der Waals surface area contributed by atoms with Crippen LogP contribution in [-0.2, 0) is 5.41 Å². The van der Waals surface area contributed by atoms with Crippen molar-refractivity contribution >= 4 is 0 Å². The second-order valence-corrected chi connectivity index (χ2v) is 5.81. The van der Waals surface area contributed by atoms with E-state index in [1.165, 1.54) is 5.56 Å². The van der Waals surface area contributed by atoms with Gasteiger partial charge in [-0.2, -0.15) is 0 Å². The predicted molar refractivity (Wildman–Crippen MR) is 75.3 cm³/mol. The third-order valence-corrected chi connectivity index (χ3v) is 3.20. The van der Waals surface area contributed by atoms with Crippen molar-refractivity contribution in [2.75, 3.05) is 0 Å². The second kappa shape index (κ2) is 4.56. The minimum Gasteiger partial charge on any atom is -0.206 e. The lowest BCUT2D eigenvalue weighted by molar-refractivity contribution is 0.573. The van der Waals surface area contributed by atoms with Crippen molar-refractivity contribution in [3.63, 3.8) is 0 Å². The summed E-state index contributed by atoms with van der Waals surface area (Å²) >= 11 is 0. The zero-order chi connectivity index (χ0) is 13.3. The Balaban J connectivity index is 2.45. The van der Waals surface area contributed by atoms with Gasteiger partial charge in [-0.05, 0) is 29.5 Å². The molecule has 0 amide bonds. The van der Waals surface area contributed by atoms with Crippen LogP contribution in [0.25, 0.3) is 11.1 Å². The summed E-state index contributed by atoms with van der Waals surface area (Å²) in [5, 5.41) is 0. The van der Waals surface area contributed by atoms with Crippen molar-refractivity contribution in [1.82, 2.24) is 0 Å². The quantitative estimate of drug-likeness (QED) is 0.652. The van der Waals surface area contributed by atoms with Gasteiger partial charge in [-0.1, -0.05) is 62.7 Å². The number of hydrogen-bond donors (Lipinski definition) is 0. The van der Waals surface area contributed by atoms with E-state index in [1.54, 1.807) is 6.07 Å². The average Bonchev–Trinajstić information content (AvgIpc) is 2.29. The lowest BCUT2D eigenvalue weighted by Crippen LogP contribution is -2.11. The van der Waals surface area contributed by atoms with Crippen molar-refractivity contribution in [2.45, 2.75) is 33.1 Å². The Morgan fingerprint density at radius 1 is 0.889 bits per heavy atom. The van der Waals surface area contributed by atoms with Crippen LogP contribution in [0.1, 0.15) is 31.9 Å². The number of aryl methyl sites for hydroxylation is 1. The molecule has 0 saturated carbocycles. The first-order chi connectivity index (χ1) is 8.38. The summed E-state index contributed by atoms with van der Waals surface area (Å²) in [6.07, 6.45) is 0. The molecule has 2 aromatic carbocycles. The molecule has 0 atom stereocenters. The Morgan fingerprint density at radius 2 is 1.50 bits per heavy atom. The molecule has 0 saturated heterocycles. The van der Waals surface area contributed by atoms with Gasteiger partial charge in [-0.15, -0.1) is 0 Å². The Labute approximate surface area is 108 Å². The minimum atomic E-state index is -0.147. The van der Waals surface area contributed by atoms with Crippen molar-refractivity contribution in [3.8, 4) is 11.1 Å². The zero-order valence-electron chi connectivity index (χ0n) is 11.4. The van der Waals surface area contributed by atoms with E-state index in [4.69, 9.17) is 0 Å². The Kier molecular flexibility index (Phi) is 3.25. The van der Waals surface area contributed by atoms with Crippen LogP contribution in [0.5, 0.6) is 0 Å². The van der Waals surface area contributed by atoms with Crippen LogP contribution >= 0.6 is 0 Å². The SMILES string of the molecule is Cc1ccc(-c2ccc(C(C)(C)C)cc2F)cc1. The molecule has 0 aromatic heterocycles. The maximum atomic E-state index is 14.2. The summed E-state index contributed by atoms with van der Waals surface area (Å²) in [5.74, 6) is -0.147. The number of hydrogen-bond acceptors (Lipinski definition) is 0. The summed E-state index contributed by atoms with van der Waals surface area (Å²) in [7, 11) is 0. The van der Waals surface area contributed by atoms with Crippen LogP contribution in [0.2, 0.25) is 0 Å². The topological polar surface area (TPSA) is 0 Å². The number of halogens is 1. The molecule has 2 aromatic rings. The fourth-order valence-electron chi connectivity index (χ4n) is 1.95. The van der Waals surface area contributed by atoms with Crippen molar-refractivity contribution in [2.24, 2.45) is 0 Å². The molecule has 0 spiro atoms. The van der Waals surface area contributed by atoms with Gasteiger partial charge in [-0.3, -0.25) is 0 Å². The molecular weight excluding hydrogens is 223 g/mol. The number of benzene rings is 2. The van der Waals surface area contributed by atoms with Crippen LogP contribution in [0.15, 0.2) is 42.5 Å². The molecule has 0 bridgehead atoms. The normalized spacial score (nSPS) is 11.6. The van der Waals surface area contributed by atoms with Crippen LogP contribution in [0.3, 0.4) is 0 Å². The molecule has 18 heavy (non-hydrogen) atoms. The maximum absolute atomic E-state index is 14.2. The first-order valence-corrected chi connectivity index (χ1v) is 6.25. The monoisotopic (exact) mass is 242 g/mol. The van der Waals surface area contributed by atoms with Gasteiger partial charge in [0.2, 0.25) is 0 Å². The molecule has 0 N–H and O–H groups in total. The molecule has 0 aliphatic carbocycles. The third-order valence-electron chi connectivity index (χ3n) is 3.20. The summed E-state index contributed by atoms with van der Waals surface area (Å²) in [4.78, 5) is 0. The summed E-state index contributed by atoms with van der Waals surface area (Å²) < 4.78 is 14.2. The Morgan fingerprint density at radius 3 is 2.00 bits per heavy atom. The summed E-state index contributed by atoms with van der Waals surface area (Å²) in [5.41, 5.74) is 3.79. The second-order valence-electron chi connectivity index (χ2n) is 5.81. The van der Waals surface area contributed by atoms with Gasteiger partial charge in [0, 0.05) is 5.56 Å². The van der Waals surface area contributed by atoms with Crippen molar-refractivity contribution in [3.05, 3.63) is 59.4 Å². The highest BCUT2D eigenvalue weighted by Gasteiger charge is 2.15. The van der Waals surface area contributed by atoms with Crippen LogP contribution in [0, 0.1) is 12.7 Å². The molecular formula is C17H19F. The van der Waals surface area contributed by atoms with Crippen LogP contribution in [-0.4, -0.2) is 0 Å². The largest absolute Gasteiger partial charge is 0.206 e. The number of rotatable bonds is 1. The van der Waals surface area contributed by atoms with E-state index >= 15 is 0 Å². The van der Waals surface area contributed by atoms with E-state index in [0.717, 1.165) is 11.1 Å². The fraction of sp³-hybridized carbons (Fsp3) is 0.294.